The first kappa shape index (κ1) is 14.9. The number of benzene rings is 2. The zero-order valence-electron chi connectivity index (χ0n) is 13.7. The molecule has 0 aromatic heterocycles. The second-order valence-corrected chi connectivity index (χ2v) is 7.16. The highest BCUT2D eigenvalue weighted by Gasteiger charge is 2.32. The van der Waals surface area contributed by atoms with E-state index in [0.717, 1.165) is 26.2 Å². The Kier molecular flexibility index (Phi) is 4.19. The van der Waals surface area contributed by atoms with E-state index in [1.807, 2.05) is 0 Å². The van der Waals surface area contributed by atoms with Gasteiger partial charge in [0.15, 0.2) is 0 Å². The normalized spacial score (nSPS) is 24.0. The summed E-state index contributed by atoms with van der Waals surface area (Å²) in [4.78, 5) is 2.59. The summed E-state index contributed by atoms with van der Waals surface area (Å²) in [5, 5.41) is 0. The minimum absolute atomic E-state index is 0.576. The summed E-state index contributed by atoms with van der Waals surface area (Å²) in [6, 6.07) is 18.0. The molecule has 2 aliphatic rings. The third-order valence-corrected chi connectivity index (χ3v) is 5.62. The molecule has 0 saturated carbocycles. The van der Waals surface area contributed by atoms with Crippen molar-refractivity contribution >= 4 is 0 Å². The standard InChI is InChI=1S/C21H26N2/c22-12-20-14-23(15-21(20)18-5-2-1-3-6-18)13-16-9-10-17-7-4-8-19(17)11-16/h1-3,5-6,9-11,20-21H,4,7-8,12-15,22H2/t20-,21+/m1/s1. The third kappa shape index (κ3) is 3.06. The van der Waals surface area contributed by atoms with Crippen LogP contribution in [-0.2, 0) is 19.4 Å². The molecule has 0 spiro atoms. The van der Waals surface area contributed by atoms with E-state index in [0.29, 0.717) is 11.8 Å². The van der Waals surface area contributed by atoms with Crippen molar-refractivity contribution in [2.24, 2.45) is 11.7 Å². The summed E-state index contributed by atoms with van der Waals surface area (Å²) in [6.45, 7) is 4.09. The Morgan fingerprint density at radius 3 is 2.61 bits per heavy atom. The first-order valence-electron chi connectivity index (χ1n) is 8.91. The average molecular weight is 306 g/mol. The molecule has 2 heteroatoms. The lowest BCUT2D eigenvalue weighted by Crippen LogP contribution is -2.23. The predicted octanol–water partition coefficient (Wildman–Crippen LogP) is 3.35. The molecule has 1 saturated heterocycles. The number of hydrogen-bond donors (Lipinski definition) is 1. The molecule has 2 aromatic carbocycles. The van der Waals surface area contributed by atoms with Crippen molar-refractivity contribution in [1.82, 2.24) is 4.90 Å². The molecule has 2 atom stereocenters. The Labute approximate surface area is 139 Å². The fraction of sp³-hybridized carbons (Fsp3) is 0.429. The van der Waals surface area contributed by atoms with E-state index in [1.54, 1.807) is 11.1 Å². The molecule has 0 bridgehead atoms. The fourth-order valence-corrected chi connectivity index (χ4v) is 4.39. The van der Waals surface area contributed by atoms with E-state index >= 15 is 0 Å². The van der Waals surface area contributed by atoms with Crippen LogP contribution >= 0.6 is 0 Å². The number of rotatable bonds is 4. The molecule has 2 N–H and O–H groups in total. The Morgan fingerprint density at radius 2 is 1.78 bits per heavy atom. The van der Waals surface area contributed by atoms with Gasteiger partial charge in [-0.3, -0.25) is 4.90 Å². The van der Waals surface area contributed by atoms with Crippen molar-refractivity contribution in [3.8, 4) is 0 Å². The minimum atomic E-state index is 0.576. The van der Waals surface area contributed by atoms with Gasteiger partial charge >= 0.3 is 0 Å². The molecule has 2 aromatic rings. The van der Waals surface area contributed by atoms with Gasteiger partial charge in [0.05, 0.1) is 0 Å². The number of likely N-dealkylation sites (tertiary alicyclic amines) is 1. The number of fused-ring (bicyclic) bond motifs is 1. The zero-order valence-corrected chi connectivity index (χ0v) is 13.7. The van der Waals surface area contributed by atoms with Crippen molar-refractivity contribution < 1.29 is 0 Å². The van der Waals surface area contributed by atoms with Crippen LogP contribution in [0.5, 0.6) is 0 Å². The van der Waals surface area contributed by atoms with Crippen molar-refractivity contribution in [2.45, 2.75) is 31.7 Å². The van der Waals surface area contributed by atoms with Crippen molar-refractivity contribution in [2.75, 3.05) is 19.6 Å². The molecular weight excluding hydrogens is 280 g/mol. The topological polar surface area (TPSA) is 29.3 Å². The van der Waals surface area contributed by atoms with Gasteiger partial charge in [-0.2, -0.15) is 0 Å². The molecule has 1 fully saturated rings. The van der Waals surface area contributed by atoms with Crippen molar-refractivity contribution in [1.29, 1.82) is 0 Å². The fourth-order valence-electron chi connectivity index (χ4n) is 4.39. The highest BCUT2D eigenvalue weighted by Crippen LogP contribution is 2.33. The maximum Gasteiger partial charge on any atom is 0.0234 e. The van der Waals surface area contributed by atoms with Crippen LogP contribution in [0.2, 0.25) is 0 Å². The van der Waals surface area contributed by atoms with Crippen molar-refractivity contribution in [3.63, 3.8) is 0 Å². The average Bonchev–Trinajstić information content (AvgIpc) is 3.21. The van der Waals surface area contributed by atoms with Crippen LogP contribution in [0.1, 0.15) is 34.6 Å². The van der Waals surface area contributed by atoms with Crippen LogP contribution in [0.4, 0.5) is 0 Å². The van der Waals surface area contributed by atoms with Crippen LogP contribution in [0.3, 0.4) is 0 Å². The summed E-state index contributed by atoms with van der Waals surface area (Å²) in [6.07, 6.45) is 3.86. The van der Waals surface area contributed by atoms with Crippen LogP contribution < -0.4 is 5.73 Å². The quantitative estimate of drug-likeness (QED) is 0.938. The van der Waals surface area contributed by atoms with E-state index in [2.05, 4.69) is 53.4 Å². The Hall–Kier alpha value is -1.64. The Bertz CT molecular complexity index is 665. The third-order valence-electron chi connectivity index (χ3n) is 5.62. The van der Waals surface area contributed by atoms with Gasteiger partial charge in [0, 0.05) is 25.6 Å². The lowest BCUT2D eigenvalue weighted by atomic mass is 9.89. The molecule has 4 rings (SSSR count). The second-order valence-electron chi connectivity index (χ2n) is 7.16. The molecule has 120 valence electrons. The summed E-state index contributed by atoms with van der Waals surface area (Å²) in [7, 11) is 0. The van der Waals surface area contributed by atoms with Gasteiger partial charge in [-0.15, -0.1) is 0 Å². The molecule has 1 heterocycles. The van der Waals surface area contributed by atoms with Gasteiger partial charge in [-0.1, -0.05) is 48.5 Å². The molecule has 0 amide bonds. The largest absolute Gasteiger partial charge is 0.330 e. The molecular formula is C21H26N2. The van der Waals surface area contributed by atoms with Gasteiger partial charge in [0.25, 0.3) is 0 Å². The van der Waals surface area contributed by atoms with Gasteiger partial charge in [0.2, 0.25) is 0 Å². The van der Waals surface area contributed by atoms with Crippen LogP contribution in [0.15, 0.2) is 48.5 Å². The van der Waals surface area contributed by atoms with Gasteiger partial charge < -0.3 is 5.73 Å². The number of hydrogen-bond acceptors (Lipinski definition) is 2. The Morgan fingerprint density at radius 1 is 0.957 bits per heavy atom. The molecule has 23 heavy (non-hydrogen) atoms. The predicted molar refractivity (Wildman–Crippen MR) is 95.5 cm³/mol. The van der Waals surface area contributed by atoms with Crippen LogP contribution in [-0.4, -0.2) is 24.5 Å². The number of nitrogens with zero attached hydrogens (tertiary/aromatic N) is 1. The first-order chi connectivity index (χ1) is 11.3. The van der Waals surface area contributed by atoms with E-state index in [-0.39, 0.29) is 0 Å². The van der Waals surface area contributed by atoms with Gasteiger partial charge in [-0.05, 0) is 54.0 Å². The molecule has 1 aliphatic carbocycles. The maximum absolute atomic E-state index is 6.06. The lowest BCUT2D eigenvalue weighted by Gasteiger charge is -2.17. The monoisotopic (exact) mass is 306 g/mol. The summed E-state index contributed by atoms with van der Waals surface area (Å²) >= 11 is 0. The van der Waals surface area contributed by atoms with Gasteiger partial charge in [-0.25, -0.2) is 0 Å². The van der Waals surface area contributed by atoms with E-state index in [4.69, 9.17) is 5.73 Å². The molecule has 0 radical (unpaired) electrons. The summed E-state index contributed by atoms with van der Waals surface area (Å²) < 4.78 is 0. The van der Waals surface area contributed by atoms with Crippen LogP contribution in [0, 0.1) is 5.92 Å². The maximum atomic E-state index is 6.06. The lowest BCUT2D eigenvalue weighted by molar-refractivity contribution is 0.317. The number of aryl methyl sites for hydroxylation is 2. The SMILES string of the molecule is NC[C@@H]1CN(Cc2ccc3c(c2)CCC3)C[C@H]1c1ccccc1. The smallest absolute Gasteiger partial charge is 0.0234 e. The minimum Gasteiger partial charge on any atom is -0.330 e. The van der Waals surface area contributed by atoms with Crippen LogP contribution in [0.25, 0.3) is 0 Å². The summed E-state index contributed by atoms with van der Waals surface area (Å²) in [5.74, 6) is 1.16. The first-order valence-corrected chi connectivity index (χ1v) is 8.91. The number of nitrogens with two attached hydrogens (primary N) is 1. The van der Waals surface area contributed by atoms with E-state index in [9.17, 15) is 0 Å². The summed E-state index contributed by atoms with van der Waals surface area (Å²) in [5.41, 5.74) is 12.1. The second kappa shape index (κ2) is 6.46. The highest BCUT2D eigenvalue weighted by molar-refractivity contribution is 5.35. The van der Waals surface area contributed by atoms with E-state index in [1.165, 1.54) is 30.4 Å². The Balaban J connectivity index is 1.48. The van der Waals surface area contributed by atoms with Crippen molar-refractivity contribution in [3.05, 3.63) is 70.8 Å². The van der Waals surface area contributed by atoms with E-state index < -0.39 is 0 Å². The molecule has 1 aliphatic heterocycles. The molecule has 0 unspecified atom stereocenters. The highest BCUT2D eigenvalue weighted by atomic mass is 15.2. The van der Waals surface area contributed by atoms with Gasteiger partial charge in [0.1, 0.15) is 0 Å². The zero-order chi connectivity index (χ0) is 15.6. The molecule has 2 nitrogen and oxygen atoms in total.